The smallest absolute Gasteiger partial charge is 0.186 e. The molecule has 0 unspecified atom stereocenters. The minimum atomic E-state index is -0.403. The lowest BCUT2D eigenvalue weighted by molar-refractivity contribution is -0.0452. The van der Waals surface area contributed by atoms with Crippen molar-refractivity contribution < 1.29 is 23.0 Å². The summed E-state index contributed by atoms with van der Waals surface area (Å²) in [6, 6.07) is 5.28. The maximum Gasteiger partial charge on any atom is 0.186 e. The molecular formula is C16H10Br4F2O3. The summed E-state index contributed by atoms with van der Waals surface area (Å²) in [4.78, 5) is 10.4. The first-order chi connectivity index (χ1) is 11.8. The number of hydrogen-bond donors (Lipinski definition) is 0. The summed E-state index contributed by atoms with van der Waals surface area (Å²) in [6.07, 6.45) is 0.257. The van der Waals surface area contributed by atoms with Crippen molar-refractivity contribution in [3.8, 4) is 0 Å². The largest absolute Gasteiger partial charge is 0.346 e. The Morgan fingerprint density at radius 3 is 1.64 bits per heavy atom. The van der Waals surface area contributed by atoms with Crippen molar-refractivity contribution in [1.82, 2.24) is 0 Å². The van der Waals surface area contributed by atoms with Gasteiger partial charge in [0.15, 0.2) is 12.6 Å². The van der Waals surface area contributed by atoms with Gasteiger partial charge in [0, 0.05) is 29.0 Å². The number of rotatable bonds is 2. The Balaban J connectivity index is 0.000000186. The van der Waals surface area contributed by atoms with Crippen LogP contribution in [0.5, 0.6) is 0 Å². The van der Waals surface area contributed by atoms with Crippen LogP contribution >= 0.6 is 63.7 Å². The molecule has 9 heteroatoms. The van der Waals surface area contributed by atoms with E-state index in [-0.39, 0.29) is 11.6 Å². The van der Waals surface area contributed by atoms with Gasteiger partial charge in [0.05, 0.1) is 13.2 Å². The van der Waals surface area contributed by atoms with Crippen LogP contribution in [0, 0.1) is 11.6 Å². The van der Waals surface area contributed by atoms with Gasteiger partial charge in [0.1, 0.15) is 11.6 Å². The average Bonchev–Trinajstić information content (AvgIpc) is 3.00. The number of halogens is 6. The molecule has 1 aliphatic rings. The average molecular weight is 608 g/mol. The van der Waals surface area contributed by atoms with Crippen LogP contribution in [0.15, 0.2) is 42.2 Å². The third-order valence-corrected chi connectivity index (χ3v) is 5.69. The number of ether oxygens (including phenoxy) is 2. The normalized spacial score (nSPS) is 14.2. The standard InChI is InChI=1S/C9H7Br2FO2.C7H3Br2FO/c10-6-3-5(12)4-7(11)8(6)9-13-1-2-14-9;8-6-1-4(10)2-7(9)5(6)3-11/h3-4,9H,1-2H2;1-3H. The molecule has 134 valence electrons. The highest BCUT2D eigenvalue weighted by Crippen LogP contribution is 2.36. The molecule has 0 amide bonds. The van der Waals surface area contributed by atoms with Crippen molar-refractivity contribution in [2.24, 2.45) is 0 Å². The number of benzene rings is 2. The summed E-state index contributed by atoms with van der Waals surface area (Å²) in [7, 11) is 0. The Morgan fingerprint density at radius 1 is 0.840 bits per heavy atom. The van der Waals surface area contributed by atoms with E-state index in [2.05, 4.69) is 63.7 Å². The molecule has 0 atom stereocenters. The lowest BCUT2D eigenvalue weighted by Gasteiger charge is -2.13. The van der Waals surface area contributed by atoms with Crippen molar-refractivity contribution in [1.29, 1.82) is 0 Å². The molecular weight excluding hydrogens is 598 g/mol. The predicted molar refractivity (Wildman–Crippen MR) is 104 cm³/mol. The summed E-state index contributed by atoms with van der Waals surface area (Å²) in [5.41, 5.74) is 1.22. The van der Waals surface area contributed by atoms with Gasteiger partial charge in [-0.1, -0.05) is 31.9 Å². The molecule has 1 saturated heterocycles. The first-order valence-corrected chi connectivity index (χ1v) is 9.98. The number of hydrogen-bond acceptors (Lipinski definition) is 3. The molecule has 1 heterocycles. The molecule has 2 aromatic rings. The zero-order valence-corrected chi connectivity index (χ0v) is 18.7. The fourth-order valence-corrected chi connectivity index (χ4v) is 4.79. The van der Waals surface area contributed by atoms with E-state index in [0.717, 1.165) is 5.56 Å². The third-order valence-electron chi connectivity index (χ3n) is 3.06. The quantitative estimate of drug-likeness (QED) is 0.363. The molecule has 0 aromatic heterocycles. The zero-order chi connectivity index (χ0) is 18.6. The third kappa shape index (κ3) is 5.64. The Hall–Kier alpha value is -0.190. The summed E-state index contributed by atoms with van der Waals surface area (Å²) in [5, 5.41) is 0. The second-order valence-electron chi connectivity index (χ2n) is 4.76. The SMILES string of the molecule is Fc1cc(Br)c(C2OCCO2)c(Br)c1.O=Cc1c(Br)cc(F)cc1Br. The molecule has 0 radical (unpaired) electrons. The Kier molecular flexibility index (Phi) is 8.16. The van der Waals surface area contributed by atoms with Crippen molar-refractivity contribution >= 4 is 70.0 Å². The topological polar surface area (TPSA) is 35.5 Å². The first-order valence-electron chi connectivity index (χ1n) is 6.81. The first kappa shape index (κ1) is 21.1. The summed E-state index contributed by atoms with van der Waals surface area (Å²) in [5.74, 6) is -0.681. The zero-order valence-electron chi connectivity index (χ0n) is 12.4. The van der Waals surface area contributed by atoms with Crippen LogP contribution in [0.2, 0.25) is 0 Å². The van der Waals surface area contributed by atoms with Crippen LogP contribution < -0.4 is 0 Å². The summed E-state index contributed by atoms with van der Waals surface area (Å²) in [6.45, 7) is 1.14. The van der Waals surface area contributed by atoms with Gasteiger partial charge in [-0.2, -0.15) is 0 Å². The number of carbonyl (C=O) groups is 1. The second-order valence-corrected chi connectivity index (χ2v) is 8.17. The highest BCUT2D eigenvalue weighted by atomic mass is 79.9. The Labute approximate surface area is 176 Å². The van der Waals surface area contributed by atoms with E-state index in [0.29, 0.717) is 43.0 Å². The molecule has 25 heavy (non-hydrogen) atoms. The van der Waals surface area contributed by atoms with E-state index in [4.69, 9.17) is 9.47 Å². The van der Waals surface area contributed by atoms with Gasteiger partial charge in [-0.25, -0.2) is 8.78 Å². The van der Waals surface area contributed by atoms with E-state index < -0.39 is 6.29 Å². The fourth-order valence-electron chi connectivity index (χ4n) is 1.97. The van der Waals surface area contributed by atoms with Gasteiger partial charge < -0.3 is 9.47 Å². The van der Waals surface area contributed by atoms with Crippen LogP contribution in [0.4, 0.5) is 8.78 Å². The predicted octanol–water partition coefficient (Wildman–Crippen LogP) is 6.56. The van der Waals surface area contributed by atoms with Gasteiger partial charge in [-0.15, -0.1) is 0 Å². The van der Waals surface area contributed by atoms with Gasteiger partial charge in [0.2, 0.25) is 0 Å². The molecule has 0 spiro atoms. The molecule has 0 N–H and O–H groups in total. The van der Waals surface area contributed by atoms with Crippen LogP contribution in [0.3, 0.4) is 0 Å². The number of carbonyl (C=O) groups excluding carboxylic acids is 1. The highest BCUT2D eigenvalue weighted by Gasteiger charge is 2.23. The number of aldehydes is 1. The molecule has 1 fully saturated rings. The van der Waals surface area contributed by atoms with Gasteiger partial charge >= 0.3 is 0 Å². The van der Waals surface area contributed by atoms with Crippen molar-refractivity contribution in [2.75, 3.05) is 13.2 Å². The molecule has 0 saturated carbocycles. The van der Waals surface area contributed by atoms with Crippen molar-refractivity contribution in [3.05, 3.63) is 64.9 Å². The molecule has 1 aliphatic heterocycles. The molecule has 2 aromatic carbocycles. The summed E-state index contributed by atoms with van der Waals surface area (Å²) >= 11 is 12.7. The fraction of sp³-hybridized carbons (Fsp3) is 0.188. The molecule has 0 aliphatic carbocycles. The molecule has 3 nitrogen and oxygen atoms in total. The van der Waals surface area contributed by atoms with Gasteiger partial charge in [-0.3, -0.25) is 4.79 Å². The van der Waals surface area contributed by atoms with Crippen LogP contribution in [-0.2, 0) is 9.47 Å². The van der Waals surface area contributed by atoms with Gasteiger partial charge in [0.25, 0.3) is 0 Å². The monoisotopic (exact) mass is 604 g/mol. The lowest BCUT2D eigenvalue weighted by atomic mass is 10.2. The van der Waals surface area contributed by atoms with Crippen LogP contribution in [0.1, 0.15) is 22.2 Å². The lowest BCUT2D eigenvalue weighted by Crippen LogP contribution is -2.01. The minimum absolute atomic E-state index is 0.300. The Morgan fingerprint density at radius 2 is 1.24 bits per heavy atom. The Bertz CT molecular complexity index is 734. The maximum atomic E-state index is 13.0. The highest BCUT2D eigenvalue weighted by molar-refractivity contribution is 9.11. The minimum Gasteiger partial charge on any atom is -0.346 e. The van der Waals surface area contributed by atoms with Gasteiger partial charge in [-0.05, 0) is 56.1 Å². The van der Waals surface area contributed by atoms with E-state index in [1.807, 2.05) is 0 Å². The van der Waals surface area contributed by atoms with Crippen LogP contribution in [0.25, 0.3) is 0 Å². The van der Waals surface area contributed by atoms with E-state index in [1.165, 1.54) is 24.3 Å². The van der Waals surface area contributed by atoms with Crippen LogP contribution in [-0.4, -0.2) is 19.5 Å². The van der Waals surface area contributed by atoms with E-state index in [1.54, 1.807) is 0 Å². The van der Waals surface area contributed by atoms with Crippen molar-refractivity contribution in [2.45, 2.75) is 6.29 Å². The van der Waals surface area contributed by atoms with Crippen molar-refractivity contribution in [3.63, 3.8) is 0 Å². The van der Waals surface area contributed by atoms with E-state index in [9.17, 15) is 13.6 Å². The van der Waals surface area contributed by atoms with E-state index >= 15 is 0 Å². The summed E-state index contributed by atoms with van der Waals surface area (Å²) < 4.78 is 38.4. The second kappa shape index (κ2) is 9.66. The molecule has 0 bridgehead atoms. The maximum absolute atomic E-state index is 13.0. The molecule has 3 rings (SSSR count).